The van der Waals surface area contributed by atoms with Crippen molar-refractivity contribution in [2.24, 2.45) is 0 Å². The van der Waals surface area contributed by atoms with E-state index < -0.39 is 14.6 Å². The fourth-order valence-corrected chi connectivity index (χ4v) is 11.2. The van der Waals surface area contributed by atoms with E-state index >= 15 is 9.13 Å². The van der Waals surface area contributed by atoms with Gasteiger partial charge in [0.15, 0.2) is 0 Å². The van der Waals surface area contributed by atoms with Crippen molar-refractivity contribution in [3.8, 4) is 0 Å². The van der Waals surface area contributed by atoms with E-state index in [0.717, 1.165) is 21.2 Å². The van der Waals surface area contributed by atoms with E-state index in [0.29, 0.717) is 13.1 Å². The SMILES string of the molecule is CC(C)N(CCN(C(C)C)P(=O)(c1ccccc1)c1ccccc1)P(=O)(c1ccccc1)c1ccccc1. The van der Waals surface area contributed by atoms with Crippen LogP contribution in [0, 0.1) is 0 Å². The van der Waals surface area contributed by atoms with E-state index in [2.05, 4.69) is 37.0 Å². The van der Waals surface area contributed by atoms with Crippen LogP contribution in [-0.2, 0) is 9.13 Å². The van der Waals surface area contributed by atoms with Gasteiger partial charge in [-0.2, -0.15) is 0 Å². The molecule has 0 aliphatic rings. The highest BCUT2D eigenvalue weighted by atomic mass is 31.2. The lowest BCUT2D eigenvalue weighted by molar-refractivity contribution is 0.293. The Kier molecular flexibility index (Phi) is 9.23. The predicted octanol–water partition coefficient (Wildman–Crippen LogP) is 6.27. The minimum absolute atomic E-state index is 0.00286. The summed E-state index contributed by atoms with van der Waals surface area (Å²) < 4.78 is 34.6. The van der Waals surface area contributed by atoms with E-state index in [1.54, 1.807) is 0 Å². The molecule has 0 amide bonds. The molecule has 0 radical (unpaired) electrons. The molecular weight excluding hydrogens is 506 g/mol. The summed E-state index contributed by atoms with van der Waals surface area (Å²) in [4.78, 5) is 0. The molecule has 6 heteroatoms. The van der Waals surface area contributed by atoms with Crippen molar-refractivity contribution in [1.82, 2.24) is 9.34 Å². The van der Waals surface area contributed by atoms with Gasteiger partial charge in [0.05, 0.1) is 0 Å². The zero-order chi connectivity index (χ0) is 27.2. The van der Waals surface area contributed by atoms with Gasteiger partial charge in [-0.3, -0.25) is 9.13 Å². The third-order valence-corrected chi connectivity index (χ3v) is 13.7. The van der Waals surface area contributed by atoms with Gasteiger partial charge in [-0.25, -0.2) is 9.34 Å². The fraction of sp³-hybridized carbons (Fsp3) is 0.250. The first kappa shape index (κ1) is 28.3. The molecule has 0 aromatic heterocycles. The second kappa shape index (κ2) is 12.4. The number of nitrogens with zero attached hydrogens (tertiary/aromatic N) is 2. The minimum atomic E-state index is -3.16. The first-order valence-corrected chi connectivity index (χ1v) is 16.6. The van der Waals surface area contributed by atoms with Crippen molar-refractivity contribution >= 4 is 35.8 Å². The summed E-state index contributed by atoms with van der Waals surface area (Å²) in [7, 11) is -6.31. The number of hydrogen-bond acceptors (Lipinski definition) is 2. The minimum Gasteiger partial charge on any atom is -0.296 e. The van der Waals surface area contributed by atoms with Gasteiger partial charge in [0.2, 0.25) is 14.6 Å². The molecule has 38 heavy (non-hydrogen) atoms. The highest BCUT2D eigenvalue weighted by Crippen LogP contribution is 2.51. The molecule has 0 N–H and O–H groups in total. The van der Waals surface area contributed by atoms with Crippen LogP contribution in [0.2, 0.25) is 0 Å². The van der Waals surface area contributed by atoms with Crippen LogP contribution in [0.4, 0.5) is 0 Å². The summed E-state index contributed by atoms with van der Waals surface area (Å²) in [5, 5.41) is 3.24. The quantitative estimate of drug-likeness (QED) is 0.209. The summed E-state index contributed by atoms with van der Waals surface area (Å²) in [6, 6.07) is 39.1. The van der Waals surface area contributed by atoms with Crippen molar-refractivity contribution in [3.05, 3.63) is 121 Å². The van der Waals surface area contributed by atoms with Crippen LogP contribution in [0.15, 0.2) is 121 Å². The molecule has 198 valence electrons. The van der Waals surface area contributed by atoms with E-state index in [-0.39, 0.29) is 12.1 Å². The Balaban J connectivity index is 1.79. The second-order valence-electron chi connectivity index (χ2n) is 10.0. The molecule has 0 saturated heterocycles. The van der Waals surface area contributed by atoms with E-state index in [1.807, 2.05) is 121 Å². The molecule has 0 spiro atoms. The summed E-state index contributed by atoms with van der Waals surface area (Å²) in [6.07, 6.45) is 0. The average molecular weight is 545 g/mol. The molecule has 0 atom stereocenters. The third-order valence-electron chi connectivity index (χ3n) is 6.90. The molecule has 0 saturated carbocycles. The molecule has 4 aromatic carbocycles. The molecule has 0 bridgehead atoms. The zero-order valence-corrected chi connectivity index (χ0v) is 24.5. The van der Waals surface area contributed by atoms with Crippen LogP contribution in [-0.4, -0.2) is 34.5 Å². The van der Waals surface area contributed by atoms with Crippen molar-refractivity contribution < 1.29 is 9.13 Å². The third kappa shape index (κ3) is 5.65. The largest absolute Gasteiger partial charge is 0.296 e. The number of rotatable bonds is 11. The molecule has 4 rings (SSSR count). The lowest BCUT2D eigenvalue weighted by Gasteiger charge is -2.40. The smallest absolute Gasteiger partial charge is 0.207 e. The van der Waals surface area contributed by atoms with Gasteiger partial charge in [0, 0.05) is 46.4 Å². The van der Waals surface area contributed by atoms with Crippen LogP contribution in [0.5, 0.6) is 0 Å². The fourth-order valence-electron chi connectivity index (χ4n) is 5.07. The summed E-state index contributed by atoms with van der Waals surface area (Å²) >= 11 is 0. The highest BCUT2D eigenvalue weighted by Gasteiger charge is 2.40. The maximum atomic E-state index is 15.2. The second-order valence-corrected chi connectivity index (χ2v) is 15.4. The topological polar surface area (TPSA) is 40.6 Å². The van der Waals surface area contributed by atoms with Gasteiger partial charge in [0.25, 0.3) is 0 Å². The highest BCUT2D eigenvalue weighted by molar-refractivity contribution is 7.77. The molecule has 0 aliphatic heterocycles. The average Bonchev–Trinajstić information content (AvgIpc) is 2.96. The van der Waals surface area contributed by atoms with Crippen LogP contribution >= 0.6 is 14.6 Å². The van der Waals surface area contributed by atoms with Gasteiger partial charge in [0.1, 0.15) is 0 Å². The number of benzene rings is 4. The van der Waals surface area contributed by atoms with Crippen LogP contribution < -0.4 is 21.2 Å². The molecule has 0 aliphatic carbocycles. The summed E-state index contributed by atoms with van der Waals surface area (Å²) in [6.45, 7) is 9.36. The standard InChI is InChI=1S/C32H38N2O2P2/c1-27(2)33(37(35,29-17-9-5-10-18-29)30-19-11-6-12-20-30)25-26-34(28(3)4)38(36,31-21-13-7-14-22-31)32-23-15-8-16-24-32/h5-24,27-28H,25-26H2,1-4H3. The van der Waals surface area contributed by atoms with E-state index in [4.69, 9.17) is 0 Å². The van der Waals surface area contributed by atoms with Crippen molar-refractivity contribution in [2.75, 3.05) is 13.1 Å². The predicted molar refractivity (Wildman–Crippen MR) is 163 cm³/mol. The van der Waals surface area contributed by atoms with Gasteiger partial charge in [-0.05, 0) is 76.2 Å². The molecular formula is C32H38N2O2P2. The van der Waals surface area contributed by atoms with Crippen LogP contribution in [0.25, 0.3) is 0 Å². The van der Waals surface area contributed by atoms with Crippen LogP contribution in [0.3, 0.4) is 0 Å². The molecule has 4 nitrogen and oxygen atoms in total. The Morgan fingerprint density at radius 1 is 0.447 bits per heavy atom. The summed E-state index contributed by atoms with van der Waals surface area (Å²) in [5.41, 5.74) is 0. The molecule has 4 aromatic rings. The lowest BCUT2D eigenvalue weighted by Crippen LogP contribution is -2.44. The van der Waals surface area contributed by atoms with Crippen molar-refractivity contribution in [1.29, 1.82) is 0 Å². The molecule has 0 heterocycles. The molecule has 0 unspecified atom stereocenters. The zero-order valence-electron chi connectivity index (χ0n) is 22.7. The van der Waals surface area contributed by atoms with Crippen molar-refractivity contribution in [3.63, 3.8) is 0 Å². The van der Waals surface area contributed by atoms with Gasteiger partial charge in [-0.15, -0.1) is 0 Å². The summed E-state index contributed by atoms with van der Waals surface area (Å²) in [5.74, 6) is 0. The Bertz CT molecular complexity index is 1180. The Morgan fingerprint density at radius 3 is 0.842 bits per heavy atom. The molecule has 0 fully saturated rings. The van der Waals surface area contributed by atoms with E-state index in [9.17, 15) is 0 Å². The van der Waals surface area contributed by atoms with Gasteiger partial charge >= 0.3 is 0 Å². The Morgan fingerprint density at radius 2 is 0.658 bits per heavy atom. The maximum Gasteiger partial charge on any atom is 0.207 e. The van der Waals surface area contributed by atoms with E-state index in [1.165, 1.54) is 0 Å². The first-order chi connectivity index (χ1) is 18.3. The monoisotopic (exact) mass is 544 g/mol. The Labute approximate surface area is 228 Å². The van der Waals surface area contributed by atoms with Crippen molar-refractivity contribution in [2.45, 2.75) is 39.8 Å². The normalized spacial score (nSPS) is 12.5. The number of hydrogen-bond donors (Lipinski definition) is 0. The lowest BCUT2D eigenvalue weighted by atomic mass is 10.3. The first-order valence-electron chi connectivity index (χ1n) is 13.3. The van der Waals surface area contributed by atoms with Gasteiger partial charge < -0.3 is 0 Å². The maximum absolute atomic E-state index is 15.2. The Hall–Kier alpha value is -2.74. The van der Waals surface area contributed by atoms with Crippen LogP contribution in [0.1, 0.15) is 27.7 Å². The van der Waals surface area contributed by atoms with Gasteiger partial charge in [-0.1, -0.05) is 72.8 Å².